The Bertz CT molecular complexity index is 641. The highest BCUT2D eigenvalue weighted by molar-refractivity contribution is 7.91. The fraction of sp³-hybridized carbons (Fsp3) is 0.562. The van der Waals surface area contributed by atoms with Gasteiger partial charge >= 0.3 is 6.03 Å². The van der Waals surface area contributed by atoms with Crippen LogP contribution in [0.15, 0.2) is 24.3 Å². The van der Waals surface area contributed by atoms with E-state index in [-0.39, 0.29) is 29.6 Å². The predicted molar refractivity (Wildman–Crippen MR) is 93.8 cm³/mol. The van der Waals surface area contributed by atoms with Crippen molar-refractivity contribution in [3.8, 4) is 0 Å². The average Bonchev–Trinajstić information content (AvgIpc) is 2.80. The Morgan fingerprint density at radius 3 is 2.43 bits per heavy atom. The van der Waals surface area contributed by atoms with Crippen LogP contribution in [-0.2, 0) is 9.84 Å². The van der Waals surface area contributed by atoms with Gasteiger partial charge in [-0.2, -0.15) is 0 Å². The fourth-order valence-electron chi connectivity index (χ4n) is 2.84. The first-order valence-electron chi connectivity index (χ1n) is 7.95. The molecule has 7 heteroatoms. The SMILES string of the molecule is CCN(c1ccc(NC(=O)NC(C)C)cc1)C1CCS(=O)(=O)C1. The van der Waals surface area contributed by atoms with Crippen LogP contribution >= 0.6 is 0 Å². The summed E-state index contributed by atoms with van der Waals surface area (Å²) in [5, 5.41) is 5.54. The second kappa shape index (κ2) is 7.21. The second-order valence-corrected chi connectivity index (χ2v) is 8.37. The molecule has 0 radical (unpaired) electrons. The summed E-state index contributed by atoms with van der Waals surface area (Å²) in [6.07, 6.45) is 0.674. The Hall–Kier alpha value is -1.76. The number of amides is 2. The van der Waals surface area contributed by atoms with E-state index in [1.54, 1.807) is 0 Å². The predicted octanol–water partition coefficient (Wildman–Crippen LogP) is 2.23. The second-order valence-electron chi connectivity index (χ2n) is 6.14. The number of urea groups is 1. The summed E-state index contributed by atoms with van der Waals surface area (Å²) in [5.41, 5.74) is 1.69. The van der Waals surface area contributed by atoms with Crippen molar-refractivity contribution in [2.75, 3.05) is 28.3 Å². The highest BCUT2D eigenvalue weighted by Crippen LogP contribution is 2.25. The van der Waals surface area contributed by atoms with Gasteiger partial charge in [0.1, 0.15) is 0 Å². The van der Waals surface area contributed by atoms with Crippen LogP contribution in [0.25, 0.3) is 0 Å². The van der Waals surface area contributed by atoms with Crippen molar-refractivity contribution in [3.05, 3.63) is 24.3 Å². The van der Waals surface area contributed by atoms with Gasteiger partial charge in [0.2, 0.25) is 0 Å². The molecule has 0 aliphatic carbocycles. The first-order valence-corrected chi connectivity index (χ1v) is 9.77. The van der Waals surface area contributed by atoms with Crippen molar-refractivity contribution in [2.45, 2.75) is 39.3 Å². The van der Waals surface area contributed by atoms with Gasteiger partial charge in [-0.05, 0) is 51.5 Å². The molecular formula is C16H25N3O3S. The topological polar surface area (TPSA) is 78.5 Å². The number of benzene rings is 1. The van der Waals surface area contributed by atoms with Crippen molar-refractivity contribution < 1.29 is 13.2 Å². The summed E-state index contributed by atoms with van der Waals surface area (Å²) in [4.78, 5) is 13.8. The summed E-state index contributed by atoms with van der Waals surface area (Å²) in [6, 6.07) is 7.38. The molecule has 23 heavy (non-hydrogen) atoms. The van der Waals surface area contributed by atoms with E-state index in [0.717, 1.165) is 12.2 Å². The zero-order valence-corrected chi connectivity index (χ0v) is 14.7. The number of hydrogen-bond acceptors (Lipinski definition) is 4. The van der Waals surface area contributed by atoms with Crippen LogP contribution in [0.1, 0.15) is 27.2 Å². The monoisotopic (exact) mass is 339 g/mol. The number of anilines is 2. The van der Waals surface area contributed by atoms with Crippen molar-refractivity contribution in [2.24, 2.45) is 0 Å². The molecule has 2 rings (SSSR count). The lowest BCUT2D eigenvalue weighted by Crippen LogP contribution is -2.36. The van der Waals surface area contributed by atoms with Gasteiger partial charge in [0.15, 0.2) is 9.84 Å². The summed E-state index contributed by atoms with van der Waals surface area (Å²) >= 11 is 0. The maximum atomic E-state index is 11.7. The van der Waals surface area contributed by atoms with Crippen molar-refractivity contribution >= 4 is 27.2 Å². The maximum Gasteiger partial charge on any atom is 0.319 e. The van der Waals surface area contributed by atoms with Crippen LogP contribution in [0.3, 0.4) is 0 Å². The molecule has 128 valence electrons. The van der Waals surface area contributed by atoms with Gasteiger partial charge in [0, 0.05) is 30.0 Å². The zero-order chi connectivity index (χ0) is 17.0. The Morgan fingerprint density at radius 1 is 1.30 bits per heavy atom. The van der Waals surface area contributed by atoms with Gasteiger partial charge in [0.05, 0.1) is 11.5 Å². The molecule has 1 unspecified atom stereocenters. The lowest BCUT2D eigenvalue weighted by molar-refractivity contribution is 0.250. The van der Waals surface area contributed by atoms with Crippen molar-refractivity contribution in [1.29, 1.82) is 0 Å². The van der Waals surface area contributed by atoms with Gasteiger partial charge in [-0.1, -0.05) is 0 Å². The van der Waals surface area contributed by atoms with E-state index in [1.165, 1.54) is 0 Å². The molecule has 2 amide bonds. The minimum atomic E-state index is -2.90. The fourth-order valence-corrected chi connectivity index (χ4v) is 4.57. The Kier molecular flexibility index (Phi) is 5.51. The lowest BCUT2D eigenvalue weighted by atomic mass is 10.2. The number of sulfone groups is 1. The van der Waals surface area contributed by atoms with Gasteiger partial charge < -0.3 is 15.5 Å². The van der Waals surface area contributed by atoms with Gasteiger partial charge in [-0.15, -0.1) is 0 Å². The average molecular weight is 339 g/mol. The Labute approximate surface area is 138 Å². The van der Waals surface area contributed by atoms with Crippen LogP contribution in [0, 0.1) is 0 Å². The van der Waals surface area contributed by atoms with E-state index < -0.39 is 9.84 Å². The number of rotatable bonds is 5. The quantitative estimate of drug-likeness (QED) is 0.862. The standard InChI is InChI=1S/C16H25N3O3S/c1-4-19(15-9-10-23(21,22)11-15)14-7-5-13(6-8-14)18-16(20)17-12(2)3/h5-8,12,15H,4,9-11H2,1-3H3,(H2,17,18,20). The number of nitrogens with zero attached hydrogens (tertiary/aromatic N) is 1. The molecule has 6 nitrogen and oxygen atoms in total. The van der Waals surface area contributed by atoms with E-state index in [2.05, 4.69) is 15.5 Å². The first-order chi connectivity index (χ1) is 10.8. The molecule has 1 atom stereocenters. The molecule has 1 heterocycles. The molecule has 1 aromatic rings. The Balaban J connectivity index is 2.04. The summed E-state index contributed by atoms with van der Waals surface area (Å²) in [7, 11) is -2.90. The minimum absolute atomic E-state index is 0.0352. The molecule has 0 spiro atoms. The van der Waals surface area contributed by atoms with E-state index >= 15 is 0 Å². The highest BCUT2D eigenvalue weighted by atomic mass is 32.2. The summed E-state index contributed by atoms with van der Waals surface area (Å²) < 4.78 is 23.3. The number of nitrogens with one attached hydrogen (secondary N) is 2. The van der Waals surface area contributed by atoms with Crippen LogP contribution in [0.2, 0.25) is 0 Å². The molecule has 1 saturated heterocycles. The Morgan fingerprint density at radius 2 is 1.96 bits per heavy atom. The first kappa shape index (κ1) is 17.6. The van der Waals surface area contributed by atoms with E-state index in [4.69, 9.17) is 0 Å². The third kappa shape index (κ3) is 4.86. The van der Waals surface area contributed by atoms with Crippen LogP contribution in [0.4, 0.5) is 16.2 Å². The normalized spacial score (nSPS) is 19.6. The number of carbonyl (C=O) groups excluding carboxylic acids is 1. The zero-order valence-electron chi connectivity index (χ0n) is 13.9. The lowest BCUT2D eigenvalue weighted by Gasteiger charge is -2.29. The van der Waals surface area contributed by atoms with E-state index in [0.29, 0.717) is 12.1 Å². The molecular weight excluding hydrogens is 314 g/mol. The van der Waals surface area contributed by atoms with Gasteiger partial charge in [-0.3, -0.25) is 0 Å². The molecule has 1 fully saturated rings. The van der Waals surface area contributed by atoms with Gasteiger partial charge in [-0.25, -0.2) is 13.2 Å². The maximum absolute atomic E-state index is 11.7. The third-order valence-corrected chi connectivity index (χ3v) is 5.62. The minimum Gasteiger partial charge on any atom is -0.368 e. The molecule has 0 saturated carbocycles. The summed E-state index contributed by atoms with van der Waals surface area (Å²) in [5.74, 6) is 0.487. The molecule has 1 aromatic carbocycles. The van der Waals surface area contributed by atoms with Crippen molar-refractivity contribution in [3.63, 3.8) is 0 Å². The van der Waals surface area contributed by atoms with Crippen LogP contribution in [-0.4, -0.2) is 44.6 Å². The molecule has 0 bridgehead atoms. The van der Waals surface area contributed by atoms with E-state index in [9.17, 15) is 13.2 Å². The van der Waals surface area contributed by atoms with Crippen molar-refractivity contribution in [1.82, 2.24) is 5.32 Å². The molecule has 0 aromatic heterocycles. The highest BCUT2D eigenvalue weighted by Gasteiger charge is 2.31. The van der Waals surface area contributed by atoms with Crippen LogP contribution in [0.5, 0.6) is 0 Å². The van der Waals surface area contributed by atoms with E-state index in [1.807, 2.05) is 45.0 Å². The van der Waals surface area contributed by atoms with Gasteiger partial charge in [0.25, 0.3) is 0 Å². The number of carbonyl (C=O) groups is 1. The van der Waals surface area contributed by atoms with Crippen LogP contribution < -0.4 is 15.5 Å². The third-order valence-electron chi connectivity index (χ3n) is 3.87. The largest absolute Gasteiger partial charge is 0.368 e. The molecule has 1 aliphatic rings. The molecule has 1 aliphatic heterocycles. The smallest absolute Gasteiger partial charge is 0.319 e. The summed E-state index contributed by atoms with van der Waals surface area (Å²) in [6.45, 7) is 6.57. The molecule has 2 N–H and O–H groups in total. The number of hydrogen-bond donors (Lipinski definition) is 2.